The lowest BCUT2D eigenvalue weighted by Gasteiger charge is -2.10. The van der Waals surface area contributed by atoms with Crippen LogP contribution in [0.5, 0.6) is 5.75 Å². The van der Waals surface area contributed by atoms with Gasteiger partial charge in [-0.3, -0.25) is 4.79 Å². The molecule has 3 nitrogen and oxygen atoms in total. The number of benzene rings is 1. The first-order valence-electron chi connectivity index (χ1n) is 5.09. The number of Topliss-reactive ketones (excluding diaryl/α,β-unsaturated/α-hetero) is 1. The van der Waals surface area contributed by atoms with Crippen molar-refractivity contribution in [1.82, 2.24) is 4.90 Å². The molecule has 0 aliphatic carbocycles. The number of phenols is 1. The van der Waals surface area contributed by atoms with Crippen LogP contribution in [0, 0.1) is 6.92 Å². The Kier molecular flexibility index (Phi) is 4.50. The van der Waals surface area contributed by atoms with Gasteiger partial charge in [-0.15, -0.1) is 0 Å². The van der Waals surface area contributed by atoms with Crippen molar-refractivity contribution in [3.05, 3.63) is 27.7 Å². The maximum absolute atomic E-state index is 11.9. The first-order chi connectivity index (χ1) is 7.41. The first-order valence-corrected chi connectivity index (χ1v) is 5.88. The van der Waals surface area contributed by atoms with Gasteiger partial charge >= 0.3 is 0 Å². The van der Waals surface area contributed by atoms with Crippen molar-refractivity contribution in [1.29, 1.82) is 0 Å². The first kappa shape index (κ1) is 13.2. The molecule has 1 aromatic carbocycles. The van der Waals surface area contributed by atoms with E-state index in [-0.39, 0.29) is 11.5 Å². The lowest BCUT2D eigenvalue weighted by molar-refractivity contribution is 0.0969. The lowest BCUT2D eigenvalue weighted by Crippen LogP contribution is -2.16. The molecule has 1 N–H and O–H groups in total. The highest BCUT2D eigenvalue weighted by molar-refractivity contribution is 9.10. The minimum atomic E-state index is -0.0319. The number of hydrogen-bond acceptors (Lipinski definition) is 3. The molecule has 0 unspecified atom stereocenters. The van der Waals surface area contributed by atoms with Gasteiger partial charge in [-0.25, -0.2) is 0 Å². The van der Waals surface area contributed by atoms with Crippen LogP contribution in [0.3, 0.4) is 0 Å². The summed E-state index contributed by atoms with van der Waals surface area (Å²) in [4.78, 5) is 13.8. The summed E-state index contributed by atoms with van der Waals surface area (Å²) < 4.78 is 0.816. The van der Waals surface area contributed by atoms with Crippen LogP contribution < -0.4 is 0 Å². The van der Waals surface area contributed by atoms with Crippen molar-refractivity contribution < 1.29 is 9.90 Å². The molecule has 0 aliphatic rings. The molecule has 0 amide bonds. The number of halogens is 1. The zero-order chi connectivity index (χ0) is 12.3. The fourth-order valence-electron chi connectivity index (χ4n) is 1.41. The third-order valence-corrected chi connectivity index (χ3v) is 2.81. The predicted octanol–water partition coefficient (Wildman–Crippen LogP) is 2.60. The zero-order valence-corrected chi connectivity index (χ0v) is 11.3. The summed E-state index contributed by atoms with van der Waals surface area (Å²) in [5.41, 5.74) is 1.11. The van der Waals surface area contributed by atoms with E-state index in [9.17, 15) is 9.90 Å². The molecular weight excluding hydrogens is 270 g/mol. The van der Waals surface area contributed by atoms with Crippen LogP contribution >= 0.6 is 15.9 Å². The Balaban J connectivity index is 2.91. The minimum absolute atomic E-state index is 0.0319. The number of rotatable bonds is 4. The van der Waals surface area contributed by atoms with Crippen molar-refractivity contribution in [2.45, 2.75) is 13.3 Å². The number of nitrogens with zero attached hydrogens (tertiary/aromatic N) is 1. The van der Waals surface area contributed by atoms with Gasteiger partial charge < -0.3 is 10.0 Å². The molecule has 0 saturated heterocycles. The lowest BCUT2D eigenvalue weighted by atomic mass is 10.0. The Morgan fingerprint density at radius 1 is 1.44 bits per heavy atom. The van der Waals surface area contributed by atoms with Crippen molar-refractivity contribution in [2.75, 3.05) is 20.6 Å². The van der Waals surface area contributed by atoms with E-state index in [1.54, 1.807) is 19.1 Å². The van der Waals surface area contributed by atoms with Crippen LogP contribution in [0.1, 0.15) is 22.3 Å². The number of aromatic hydroxyl groups is 1. The summed E-state index contributed by atoms with van der Waals surface area (Å²) in [5.74, 6) is 0.0579. The fourth-order valence-corrected chi connectivity index (χ4v) is 1.98. The second-order valence-electron chi connectivity index (χ2n) is 4.10. The van der Waals surface area contributed by atoms with Gasteiger partial charge in [0.25, 0.3) is 0 Å². The number of carbonyl (C=O) groups excluding carboxylic acids is 1. The molecule has 0 aromatic heterocycles. The summed E-state index contributed by atoms with van der Waals surface area (Å²) in [5, 5.41) is 9.80. The van der Waals surface area contributed by atoms with E-state index in [0.717, 1.165) is 4.47 Å². The Morgan fingerprint density at radius 2 is 2.06 bits per heavy atom. The molecule has 88 valence electrons. The summed E-state index contributed by atoms with van der Waals surface area (Å²) in [6.45, 7) is 2.46. The van der Waals surface area contributed by atoms with Crippen LogP contribution in [0.2, 0.25) is 0 Å². The highest BCUT2D eigenvalue weighted by atomic mass is 79.9. The predicted molar refractivity (Wildman–Crippen MR) is 68.0 cm³/mol. The fraction of sp³-hybridized carbons (Fsp3) is 0.417. The monoisotopic (exact) mass is 285 g/mol. The van der Waals surface area contributed by atoms with Gasteiger partial charge in [0.2, 0.25) is 0 Å². The van der Waals surface area contributed by atoms with Gasteiger partial charge in [0.15, 0.2) is 5.78 Å². The molecule has 4 heteroatoms. The van der Waals surface area contributed by atoms with E-state index >= 15 is 0 Å². The molecule has 1 aromatic rings. The van der Waals surface area contributed by atoms with Gasteiger partial charge in [0.05, 0.1) is 5.56 Å². The Hall–Kier alpha value is -0.870. The average molecular weight is 286 g/mol. The number of aryl methyl sites for hydroxylation is 1. The standard InChI is InChI=1S/C12H16BrNO2/c1-8-6-9(13)7-10(12(8)16)11(15)4-5-14(2)3/h6-7,16H,4-5H2,1-3H3. The van der Waals surface area contributed by atoms with Crippen molar-refractivity contribution in [2.24, 2.45) is 0 Å². The molecule has 0 bridgehead atoms. The molecule has 1 rings (SSSR count). The summed E-state index contributed by atoms with van der Waals surface area (Å²) in [7, 11) is 3.83. The highest BCUT2D eigenvalue weighted by Gasteiger charge is 2.14. The second-order valence-corrected chi connectivity index (χ2v) is 5.01. The number of carbonyl (C=O) groups is 1. The summed E-state index contributed by atoms with van der Waals surface area (Å²) in [6, 6.07) is 3.46. The molecule has 0 fully saturated rings. The summed E-state index contributed by atoms with van der Waals surface area (Å²) >= 11 is 3.32. The largest absolute Gasteiger partial charge is 0.507 e. The average Bonchev–Trinajstić information content (AvgIpc) is 2.19. The third kappa shape index (κ3) is 3.32. The molecule has 16 heavy (non-hydrogen) atoms. The Labute approximate surface area is 104 Å². The summed E-state index contributed by atoms with van der Waals surface area (Å²) in [6.07, 6.45) is 0.413. The van der Waals surface area contributed by atoms with Crippen LogP contribution in [0.4, 0.5) is 0 Å². The van der Waals surface area contributed by atoms with E-state index in [1.165, 1.54) is 0 Å². The number of ketones is 1. The highest BCUT2D eigenvalue weighted by Crippen LogP contribution is 2.27. The molecule has 0 spiro atoms. The van der Waals surface area contributed by atoms with Crippen molar-refractivity contribution >= 4 is 21.7 Å². The van der Waals surface area contributed by atoms with Gasteiger partial charge in [-0.1, -0.05) is 15.9 Å². The van der Waals surface area contributed by atoms with Crippen LogP contribution in [0.25, 0.3) is 0 Å². The topological polar surface area (TPSA) is 40.5 Å². The minimum Gasteiger partial charge on any atom is -0.507 e. The Morgan fingerprint density at radius 3 is 2.62 bits per heavy atom. The van der Waals surface area contributed by atoms with E-state index < -0.39 is 0 Å². The zero-order valence-electron chi connectivity index (χ0n) is 9.75. The Bertz CT molecular complexity index is 402. The van der Waals surface area contributed by atoms with E-state index in [2.05, 4.69) is 15.9 Å². The SMILES string of the molecule is Cc1cc(Br)cc(C(=O)CCN(C)C)c1O. The maximum Gasteiger partial charge on any atom is 0.167 e. The van der Waals surface area contributed by atoms with Crippen LogP contribution in [0.15, 0.2) is 16.6 Å². The van der Waals surface area contributed by atoms with E-state index in [1.807, 2.05) is 19.0 Å². The number of phenolic OH excluding ortho intramolecular Hbond substituents is 1. The molecule has 0 atom stereocenters. The van der Waals surface area contributed by atoms with Crippen LogP contribution in [-0.2, 0) is 0 Å². The molecule has 0 heterocycles. The van der Waals surface area contributed by atoms with Crippen molar-refractivity contribution in [3.8, 4) is 5.75 Å². The van der Waals surface area contributed by atoms with Crippen molar-refractivity contribution in [3.63, 3.8) is 0 Å². The third-order valence-electron chi connectivity index (χ3n) is 2.35. The maximum atomic E-state index is 11.9. The van der Waals surface area contributed by atoms with E-state index in [0.29, 0.717) is 24.1 Å². The quantitative estimate of drug-likeness (QED) is 0.865. The smallest absolute Gasteiger partial charge is 0.167 e. The molecule has 0 aliphatic heterocycles. The number of hydrogen-bond donors (Lipinski definition) is 1. The molecule has 0 saturated carbocycles. The normalized spacial score (nSPS) is 10.8. The van der Waals surface area contributed by atoms with Gasteiger partial charge in [0.1, 0.15) is 5.75 Å². The molecule has 0 radical (unpaired) electrons. The van der Waals surface area contributed by atoms with Gasteiger partial charge in [-0.2, -0.15) is 0 Å². The molecular formula is C12H16BrNO2. The second kappa shape index (κ2) is 5.46. The van der Waals surface area contributed by atoms with Gasteiger partial charge in [0, 0.05) is 17.4 Å². The van der Waals surface area contributed by atoms with E-state index in [4.69, 9.17) is 0 Å². The van der Waals surface area contributed by atoms with Crippen LogP contribution in [-0.4, -0.2) is 36.4 Å². The van der Waals surface area contributed by atoms with Gasteiger partial charge in [-0.05, 0) is 38.7 Å².